The van der Waals surface area contributed by atoms with E-state index in [-0.39, 0.29) is 6.10 Å². The third-order valence-corrected chi connectivity index (χ3v) is 4.08. The van der Waals surface area contributed by atoms with Gasteiger partial charge in [-0.1, -0.05) is 17.7 Å². The predicted molar refractivity (Wildman–Crippen MR) is 85.8 cm³/mol. The minimum absolute atomic E-state index is 0.333. The van der Waals surface area contributed by atoms with E-state index in [2.05, 4.69) is 22.8 Å². The van der Waals surface area contributed by atoms with E-state index in [1.165, 1.54) is 11.1 Å². The number of β-amino-alcohol motifs (C(OH)–C–C–N with tert-alkyl or cyclic N) is 1. The lowest BCUT2D eigenvalue weighted by molar-refractivity contribution is 0.00824. The Labute approximate surface area is 132 Å². The largest absolute Gasteiger partial charge is 0.390 e. The summed E-state index contributed by atoms with van der Waals surface area (Å²) in [4.78, 5) is 4.41. The molecule has 2 rings (SSSR count). The van der Waals surface area contributed by atoms with Crippen molar-refractivity contribution in [3.05, 3.63) is 34.3 Å². The average Bonchev–Trinajstić information content (AvgIpc) is 2.43. The van der Waals surface area contributed by atoms with Gasteiger partial charge in [-0.2, -0.15) is 0 Å². The lowest BCUT2D eigenvalue weighted by atomic mass is 10.1. The van der Waals surface area contributed by atoms with Crippen LogP contribution in [0.5, 0.6) is 0 Å². The predicted octanol–water partition coefficient (Wildman–Crippen LogP) is 1.77. The van der Waals surface area contributed by atoms with E-state index in [1.54, 1.807) is 0 Å². The first kappa shape index (κ1) is 16.7. The molecule has 1 heterocycles. The summed E-state index contributed by atoms with van der Waals surface area (Å²) < 4.78 is 5.32. The summed E-state index contributed by atoms with van der Waals surface area (Å²) in [5.41, 5.74) is 2.44. The third-order valence-electron chi connectivity index (χ3n) is 3.84. The van der Waals surface area contributed by atoms with Gasteiger partial charge in [0.05, 0.1) is 19.3 Å². The Kier molecular flexibility index (Phi) is 6.45. The molecule has 0 radical (unpaired) electrons. The van der Waals surface area contributed by atoms with Crippen molar-refractivity contribution in [2.24, 2.45) is 0 Å². The van der Waals surface area contributed by atoms with Crippen molar-refractivity contribution in [1.29, 1.82) is 0 Å². The van der Waals surface area contributed by atoms with Gasteiger partial charge in [0.15, 0.2) is 0 Å². The van der Waals surface area contributed by atoms with Crippen molar-refractivity contribution in [1.82, 2.24) is 9.80 Å². The molecule has 0 unspecified atom stereocenters. The third kappa shape index (κ3) is 5.57. The first-order valence-electron chi connectivity index (χ1n) is 7.46. The number of nitrogens with zero attached hydrogens (tertiary/aromatic N) is 2. The molecular weight excluding hydrogens is 288 g/mol. The number of aliphatic hydroxyl groups is 1. The van der Waals surface area contributed by atoms with Crippen molar-refractivity contribution in [3.63, 3.8) is 0 Å². The van der Waals surface area contributed by atoms with E-state index in [9.17, 15) is 5.11 Å². The lowest BCUT2D eigenvalue weighted by Crippen LogP contribution is -2.44. The number of aryl methyl sites for hydroxylation is 1. The molecule has 0 spiro atoms. The van der Waals surface area contributed by atoms with E-state index in [0.29, 0.717) is 13.1 Å². The second-order valence-corrected chi connectivity index (χ2v) is 6.27. The molecule has 0 aliphatic carbocycles. The van der Waals surface area contributed by atoms with Gasteiger partial charge >= 0.3 is 0 Å². The quantitative estimate of drug-likeness (QED) is 0.868. The second kappa shape index (κ2) is 8.11. The molecule has 1 N–H and O–H groups in total. The van der Waals surface area contributed by atoms with Gasteiger partial charge in [0.1, 0.15) is 0 Å². The summed E-state index contributed by atoms with van der Waals surface area (Å²) in [6.07, 6.45) is -0.333. The Balaban J connectivity index is 1.78. The minimum Gasteiger partial charge on any atom is -0.390 e. The summed E-state index contributed by atoms with van der Waals surface area (Å²) in [5.74, 6) is 0. The fraction of sp³-hybridized carbons (Fsp3) is 0.625. The van der Waals surface area contributed by atoms with Gasteiger partial charge < -0.3 is 9.84 Å². The highest BCUT2D eigenvalue weighted by Crippen LogP contribution is 2.16. The zero-order chi connectivity index (χ0) is 15.2. The fourth-order valence-electron chi connectivity index (χ4n) is 2.69. The smallest absolute Gasteiger partial charge is 0.0793 e. The number of benzene rings is 1. The highest BCUT2D eigenvalue weighted by Gasteiger charge is 2.16. The molecule has 0 aromatic heterocycles. The van der Waals surface area contributed by atoms with Crippen LogP contribution in [0, 0.1) is 6.92 Å². The molecule has 118 valence electrons. The fourth-order valence-corrected chi connectivity index (χ4v) is 2.92. The van der Waals surface area contributed by atoms with Crippen molar-refractivity contribution in [2.45, 2.75) is 19.6 Å². The number of morpholine rings is 1. The molecule has 1 aromatic rings. The van der Waals surface area contributed by atoms with Crippen LogP contribution in [-0.2, 0) is 11.3 Å². The van der Waals surface area contributed by atoms with Crippen LogP contribution in [0.1, 0.15) is 11.1 Å². The molecule has 0 bridgehead atoms. The van der Waals surface area contributed by atoms with Gasteiger partial charge in [-0.25, -0.2) is 0 Å². The van der Waals surface area contributed by atoms with E-state index in [1.807, 2.05) is 19.2 Å². The van der Waals surface area contributed by atoms with Gasteiger partial charge in [0.2, 0.25) is 0 Å². The van der Waals surface area contributed by atoms with Crippen LogP contribution >= 0.6 is 11.6 Å². The monoisotopic (exact) mass is 312 g/mol. The van der Waals surface area contributed by atoms with Crippen LogP contribution < -0.4 is 0 Å². The van der Waals surface area contributed by atoms with Crippen LogP contribution in [0.2, 0.25) is 5.02 Å². The Hall–Kier alpha value is -0.650. The summed E-state index contributed by atoms with van der Waals surface area (Å²) >= 11 is 5.98. The number of hydrogen-bond acceptors (Lipinski definition) is 4. The lowest BCUT2D eigenvalue weighted by Gasteiger charge is -2.30. The molecule has 1 aliphatic heterocycles. The Morgan fingerprint density at radius 2 is 2.10 bits per heavy atom. The van der Waals surface area contributed by atoms with Gasteiger partial charge in [-0.3, -0.25) is 9.80 Å². The first-order chi connectivity index (χ1) is 10.0. The minimum atomic E-state index is -0.333. The van der Waals surface area contributed by atoms with E-state index in [4.69, 9.17) is 16.3 Å². The summed E-state index contributed by atoms with van der Waals surface area (Å²) in [6, 6.07) is 5.96. The molecule has 0 saturated carbocycles. The highest BCUT2D eigenvalue weighted by atomic mass is 35.5. The maximum absolute atomic E-state index is 10.2. The molecule has 4 nitrogen and oxygen atoms in total. The van der Waals surface area contributed by atoms with Crippen molar-refractivity contribution in [2.75, 3.05) is 46.4 Å². The highest BCUT2D eigenvalue weighted by molar-refractivity contribution is 6.30. The van der Waals surface area contributed by atoms with Crippen molar-refractivity contribution in [3.8, 4) is 0 Å². The van der Waals surface area contributed by atoms with Crippen LogP contribution in [0.25, 0.3) is 0 Å². The Morgan fingerprint density at radius 1 is 1.38 bits per heavy atom. The maximum Gasteiger partial charge on any atom is 0.0793 e. The van der Waals surface area contributed by atoms with Gasteiger partial charge in [0.25, 0.3) is 0 Å². The summed E-state index contributed by atoms with van der Waals surface area (Å²) in [6.45, 7) is 7.64. The number of rotatable bonds is 6. The van der Waals surface area contributed by atoms with Gasteiger partial charge in [0, 0.05) is 37.7 Å². The molecule has 1 aliphatic rings. The molecule has 0 amide bonds. The number of hydrogen-bond donors (Lipinski definition) is 1. The summed E-state index contributed by atoms with van der Waals surface area (Å²) in [7, 11) is 2.04. The molecular formula is C16H25ClN2O2. The van der Waals surface area contributed by atoms with Gasteiger partial charge in [-0.05, 0) is 37.2 Å². The Bertz CT molecular complexity index is 450. The normalized spacial score (nSPS) is 18.1. The SMILES string of the molecule is Cc1cc(Cl)ccc1CN(C)C[C@@H](O)CN1CCOCC1. The van der Waals surface area contributed by atoms with Crippen molar-refractivity contribution < 1.29 is 9.84 Å². The van der Waals surface area contributed by atoms with Gasteiger partial charge in [-0.15, -0.1) is 0 Å². The number of likely N-dealkylation sites (N-methyl/N-ethyl adjacent to an activating group) is 1. The van der Waals surface area contributed by atoms with Crippen LogP contribution in [0.15, 0.2) is 18.2 Å². The summed E-state index contributed by atoms with van der Waals surface area (Å²) in [5, 5.41) is 11.0. The molecule has 1 aromatic carbocycles. The van der Waals surface area contributed by atoms with Crippen LogP contribution in [-0.4, -0.2) is 67.5 Å². The standard InChI is InChI=1S/C16H25ClN2O2/c1-13-9-15(17)4-3-14(13)10-18(2)11-16(20)12-19-5-7-21-8-6-19/h3-4,9,16,20H,5-8,10-12H2,1-2H3/t16-/m1/s1. The number of halogens is 1. The van der Waals surface area contributed by atoms with E-state index >= 15 is 0 Å². The average molecular weight is 313 g/mol. The number of ether oxygens (including phenoxy) is 1. The Morgan fingerprint density at radius 3 is 2.76 bits per heavy atom. The second-order valence-electron chi connectivity index (χ2n) is 5.83. The zero-order valence-corrected chi connectivity index (χ0v) is 13.6. The molecule has 21 heavy (non-hydrogen) atoms. The molecule has 1 saturated heterocycles. The molecule has 1 fully saturated rings. The topological polar surface area (TPSA) is 35.9 Å². The maximum atomic E-state index is 10.2. The molecule has 5 heteroatoms. The first-order valence-corrected chi connectivity index (χ1v) is 7.84. The van der Waals surface area contributed by atoms with Crippen molar-refractivity contribution >= 4 is 11.6 Å². The number of aliphatic hydroxyl groups excluding tert-OH is 1. The zero-order valence-electron chi connectivity index (χ0n) is 12.9. The van der Waals surface area contributed by atoms with E-state index in [0.717, 1.165) is 37.9 Å². The van der Waals surface area contributed by atoms with Crippen LogP contribution in [0.4, 0.5) is 0 Å². The molecule has 1 atom stereocenters. The van der Waals surface area contributed by atoms with E-state index < -0.39 is 0 Å². The van der Waals surface area contributed by atoms with Crippen LogP contribution in [0.3, 0.4) is 0 Å².